The van der Waals surface area contributed by atoms with Crippen molar-refractivity contribution in [3.05, 3.63) is 29.8 Å². The van der Waals surface area contributed by atoms with Crippen LogP contribution in [0, 0.1) is 5.41 Å². The lowest BCUT2D eigenvalue weighted by Crippen LogP contribution is -2.52. The van der Waals surface area contributed by atoms with Crippen molar-refractivity contribution in [1.82, 2.24) is 10.6 Å². The van der Waals surface area contributed by atoms with E-state index in [2.05, 4.69) is 30.5 Å². The van der Waals surface area contributed by atoms with E-state index in [0.717, 1.165) is 24.3 Å². The molecule has 0 saturated carbocycles. The van der Waals surface area contributed by atoms with Gasteiger partial charge in [0.2, 0.25) is 5.91 Å². The predicted octanol–water partition coefficient (Wildman–Crippen LogP) is 1.37. The van der Waals surface area contributed by atoms with Gasteiger partial charge in [-0.15, -0.1) is 0 Å². The highest BCUT2D eigenvalue weighted by molar-refractivity contribution is 5.82. The van der Waals surface area contributed by atoms with E-state index in [1.807, 2.05) is 18.2 Å². The van der Waals surface area contributed by atoms with Crippen LogP contribution in [-0.4, -0.2) is 45.4 Å². The number of nitrogens with one attached hydrogen (secondary N) is 2. The van der Waals surface area contributed by atoms with E-state index in [1.54, 1.807) is 7.11 Å². The van der Waals surface area contributed by atoms with Gasteiger partial charge in [-0.3, -0.25) is 4.79 Å². The number of amides is 1. The van der Waals surface area contributed by atoms with Gasteiger partial charge in [-0.05, 0) is 23.5 Å². The third-order valence-corrected chi connectivity index (χ3v) is 3.84. The summed E-state index contributed by atoms with van der Waals surface area (Å²) in [5, 5.41) is 6.19. The number of rotatable bonds is 6. The summed E-state index contributed by atoms with van der Waals surface area (Å²) < 4.78 is 10.7. The Kier molecular flexibility index (Phi) is 5.80. The Bertz CT molecular complexity index is 496. The number of carbonyl (C=O) groups excluding carboxylic acids is 1. The van der Waals surface area contributed by atoms with E-state index in [-0.39, 0.29) is 17.4 Å². The first-order valence-corrected chi connectivity index (χ1v) is 7.72. The number of hydrogen-bond acceptors (Lipinski definition) is 4. The molecule has 0 aliphatic carbocycles. The highest BCUT2D eigenvalue weighted by atomic mass is 16.5. The number of carbonyl (C=O) groups is 1. The Morgan fingerprint density at radius 1 is 1.45 bits per heavy atom. The summed E-state index contributed by atoms with van der Waals surface area (Å²) in [6, 6.07) is 7.77. The molecular formula is C17H26N2O3. The Labute approximate surface area is 132 Å². The summed E-state index contributed by atoms with van der Waals surface area (Å²) in [4.78, 5) is 12.1. The molecule has 5 heteroatoms. The molecule has 1 aliphatic heterocycles. The average Bonchev–Trinajstić information content (AvgIpc) is 2.53. The van der Waals surface area contributed by atoms with Crippen molar-refractivity contribution in [2.75, 3.05) is 33.4 Å². The summed E-state index contributed by atoms with van der Waals surface area (Å²) in [7, 11) is 1.68. The molecular weight excluding hydrogens is 280 g/mol. The topological polar surface area (TPSA) is 59.6 Å². The second-order valence-electron chi connectivity index (χ2n) is 6.45. The zero-order chi connectivity index (χ0) is 16.0. The van der Waals surface area contributed by atoms with E-state index in [0.29, 0.717) is 19.8 Å². The van der Waals surface area contributed by atoms with E-state index in [1.165, 1.54) is 0 Å². The molecule has 1 atom stereocenters. The Balaban J connectivity index is 1.88. The van der Waals surface area contributed by atoms with E-state index < -0.39 is 0 Å². The van der Waals surface area contributed by atoms with Gasteiger partial charge in [0.1, 0.15) is 11.8 Å². The van der Waals surface area contributed by atoms with Gasteiger partial charge >= 0.3 is 0 Å². The molecule has 1 unspecified atom stereocenters. The first-order chi connectivity index (χ1) is 10.5. The van der Waals surface area contributed by atoms with E-state index in [4.69, 9.17) is 9.47 Å². The zero-order valence-electron chi connectivity index (χ0n) is 13.6. The quantitative estimate of drug-likeness (QED) is 0.833. The van der Waals surface area contributed by atoms with Crippen molar-refractivity contribution in [3.8, 4) is 5.75 Å². The van der Waals surface area contributed by atoms with Crippen LogP contribution >= 0.6 is 0 Å². The molecule has 0 bridgehead atoms. The van der Waals surface area contributed by atoms with Crippen LogP contribution < -0.4 is 15.4 Å². The highest BCUT2D eigenvalue weighted by Crippen LogP contribution is 2.27. The fourth-order valence-electron chi connectivity index (χ4n) is 2.61. The number of para-hydroxylation sites is 1. The van der Waals surface area contributed by atoms with Crippen LogP contribution in [0.2, 0.25) is 0 Å². The maximum absolute atomic E-state index is 12.1. The molecule has 5 nitrogen and oxygen atoms in total. The van der Waals surface area contributed by atoms with Gasteiger partial charge in [-0.2, -0.15) is 0 Å². The first kappa shape index (κ1) is 16.8. The summed E-state index contributed by atoms with van der Waals surface area (Å²) in [6.45, 7) is 6.74. The second kappa shape index (κ2) is 7.61. The summed E-state index contributed by atoms with van der Waals surface area (Å²) >= 11 is 0. The van der Waals surface area contributed by atoms with Crippen molar-refractivity contribution in [2.45, 2.75) is 26.3 Å². The maximum atomic E-state index is 12.1. The van der Waals surface area contributed by atoms with Gasteiger partial charge in [0.25, 0.3) is 0 Å². The molecule has 2 rings (SSSR count). The number of benzene rings is 1. The van der Waals surface area contributed by atoms with Crippen molar-refractivity contribution in [3.63, 3.8) is 0 Å². The van der Waals surface area contributed by atoms with Crippen molar-refractivity contribution < 1.29 is 14.3 Å². The average molecular weight is 306 g/mol. The van der Waals surface area contributed by atoms with Crippen LogP contribution in [0.1, 0.15) is 19.4 Å². The fraction of sp³-hybridized carbons (Fsp3) is 0.588. The molecule has 1 aromatic carbocycles. The summed E-state index contributed by atoms with van der Waals surface area (Å²) in [5.74, 6) is 0.900. The van der Waals surface area contributed by atoms with Crippen molar-refractivity contribution in [1.29, 1.82) is 0 Å². The Hall–Kier alpha value is -1.59. The maximum Gasteiger partial charge on any atom is 0.239 e. The highest BCUT2D eigenvalue weighted by Gasteiger charge is 2.25. The third-order valence-electron chi connectivity index (χ3n) is 3.84. The smallest absolute Gasteiger partial charge is 0.239 e. The summed E-state index contributed by atoms with van der Waals surface area (Å²) in [5.41, 5.74) is 1.10. The molecule has 1 saturated heterocycles. The molecule has 1 aromatic rings. The van der Waals surface area contributed by atoms with Crippen molar-refractivity contribution in [2.24, 2.45) is 5.41 Å². The van der Waals surface area contributed by atoms with Crippen LogP contribution in [0.15, 0.2) is 24.3 Å². The van der Waals surface area contributed by atoms with E-state index in [9.17, 15) is 4.79 Å². The van der Waals surface area contributed by atoms with Crippen LogP contribution in [0.4, 0.5) is 0 Å². The van der Waals surface area contributed by atoms with Crippen LogP contribution in [0.25, 0.3) is 0 Å². The second-order valence-corrected chi connectivity index (χ2v) is 6.45. The molecule has 0 radical (unpaired) electrons. The minimum Gasteiger partial charge on any atom is -0.496 e. The van der Waals surface area contributed by atoms with Gasteiger partial charge in [-0.1, -0.05) is 32.0 Å². The molecule has 0 spiro atoms. The lowest BCUT2D eigenvalue weighted by atomic mass is 9.85. The number of ether oxygens (including phenoxy) is 2. The number of hydrogen-bond donors (Lipinski definition) is 2. The number of methoxy groups -OCH3 is 1. The normalized spacial score (nSPS) is 18.8. The largest absolute Gasteiger partial charge is 0.496 e. The first-order valence-electron chi connectivity index (χ1n) is 7.72. The lowest BCUT2D eigenvalue weighted by Gasteiger charge is -2.28. The predicted molar refractivity (Wildman–Crippen MR) is 86.1 cm³/mol. The van der Waals surface area contributed by atoms with Gasteiger partial charge in [0.05, 0.1) is 20.3 Å². The standard InChI is InChI=1S/C17H26N2O3/c1-17(2,10-13-6-4-5-7-15(13)21-3)12-19-16(20)14-11-22-9-8-18-14/h4-7,14,18H,8-12H2,1-3H3,(H,19,20). The Morgan fingerprint density at radius 2 is 2.23 bits per heavy atom. The third kappa shape index (κ3) is 4.71. The van der Waals surface area contributed by atoms with E-state index >= 15 is 0 Å². The monoisotopic (exact) mass is 306 g/mol. The molecule has 22 heavy (non-hydrogen) atoms. The van der Waals surface area contributed by atoms with Crippen LogP contribution in [0.5, 0.6) is 5.75 Å². The molecule has 1 aliphatic rings. The molecule has 122 valence electrons. The van der Waals surface area contributed by atoms with Crippen molar-refractivity contribution >= 4 is 5.91 Å². The zero-order valence-corrected chi connectivity index (χ0v) is 13.6. The van der Waals surface area contributed by atoms with Gasteiger partial charge in [0, 0.05) is 13.1 Å². The van der Waals surface area contributed by atoms with Gasteiger partial charge < -0.3 is 20.1 Å². The minimum absolute atomic E-state index is 0.00722. The van der Waals surface area contributed by atoms with Crippen LogP contribution in [-0.2, 0) is 16.0 Å². The minimum atomic E-state index is -0.240. The van der Waals surface area contributed by atoms with Gasteiger partial charge in [-0.25, -0.2) is 0 Å². The SMILES string of the molecule is COc1ccccc1CC(C)(C)CNC(=O)C1COCCN1. The Morgan fingerprint density at radius 3 is 2.91 bits per heavy atom. The summed E-state index contributed by atoms with van der Waals surface area (Å²) in [6.07, 6.45) is 0.839. The molecule has 2 N–H and O–H groups in total. The molecule has 1 heterocycles. The molecule has 1 amide bonds. The van der Waals surface area contributed by atoms with Crippen LogP contribution in [0.3, 0.4) is 0 Å². The van der Waals surface area contributed by atoms with Gasteiger partial charge in [0.15, 0.2) is 0 Å². The molecule has 1 fully saturated rings. The lowest BCUT2D eigenvalue weighted by molar-refractivity contribution is -0.126. The molecule has 0 aromatic heterocycles. The fourth-order valence-corrected chi connectivity index (χ4v) is 2.61. The number of morpholine rings is 1.